The molecule has 1 aliphatic carbocycles. The Morgan fingerprint density at radius 3 is 2.52 bits per heavy atom. The van der Waals surface area contributed by atoms with Crippen LogP contribution in [0.25, 0.3) is 0 Å². The average molecular weight is 286 g/mol. The van der Waals surface area contributed by atoms with Crippen molar-refractivity contribution in [2.24, 2.45) is 17.6 Å². The summed E-state index contributed by atoms with van der Waals surface area (Å²) in [5.74, 6) is -0.791. The molecule has 3 rings (SSSR count). The first-order chi connectivity index (χ1) is 10.1. The Bertz CT molecular complexity index is 570. The SMILES string of the molecule is C[C@@H]1Cc2ccccc2N1C(=O)[C@H]1CCCC[C@@H]1C(N)=O. The number of fused-ring (bicyclic) bond motifs is 1. The highest BCUT2D eigenvalue weighted by molar-refractivity contribution is 6.00. The number of nitrogens with two attached hydrogens (primary N) is 1. The molecule has 1 aromatic carbocycles. The van der Waals surface area contributed by atoms with Crippen molar-refractivity contribution < 1.29 is 9.59 Å². The van der Waals surface area contributed by atoms with E-state index < -0.39 is 0 Å². The third kappa shape index (κ3) is 2.43. The van der Waals surface area contributed by atoms with Gasteiger partial charge in [-0.25, -0.2) is 0 Å². The topological polar surface area (TPSA) is 63.4 Å². The fourth-order valence-corrected chi connectivity index (χ4v) is 3.85. The lowest BCUT2D eigenvalue weighted by Gasteiger charge is -2.33. The van der Waals surface area contributed by atoms with E-state index in [4.69, 9.17) is 5.73 Å². The molecule has 21 heavy (non-hydrogen) atoms. The molecule has 0 saturated heterocycles. The third-order valence-corrected chi connectivity index (χ3v) is 4.89. The molecule has 4 heteroatoms. The van der Waals surface area contributed by atoms with Crippen LogP contribution in [-0.4, -0.2) is 17.9 Å². The van der Waals surface area contributed by atoms with Crippen LogP contribution >= 0.6 is 0 Å². The minimum absolute atomic E-state index is 0.0796. The number of carbonyl (C=O) groups excluding carboxylic acids is 2. The Morgan fingerprint density at radius 1 is 1.14 bits per heavy atom. The number of amides is 2. The van der Waals surface area contributed by atoms with Crippen LogP contribution in [0.1, 0.15) is 38.2 Å². The molecule has 1 aromatic rings. The number of hydrogen-bond acceptors (Lipinski definition) is 2. The number of hydrogen-bond donors (Lipinski definition) is 1. The van der Waals surface area contributed by atoms with Crippen molar-refractivity contribution in [3.05, 3.63) is 29.8 Å². The van der Waals surface area contributed by atoms with E-state index in [1.54, 1.807) is 0 Å². The third-order valence-electron chi connectivity index (χ3n) is 4.89. The van der Waals surface area contributed by atoms with Gasteiger partial charge < -0.3 is 10.6 Å². The fraction of sp³-hybridized carbons (Fsp3) is 0.529. The van der Waals surface area contributed by atoms with Crippen molar-refractivity contribution in [2.75, 3.05) is 4.90 Å². The van der Waals surface area contributed by atoms with Gasteiger partial charge in [-0.1, -0.05) is 31.0 Å². The Hall–Kier alpha value is -1.84. The molecule has 0 aromatic heterocycles. The normalized spacial score (nSPS) is 28.2. The molecular weight excluding hydrogens is 264 g/mol. The lowest BCUT2D eigenvalue weighted by molar-refractivity contribution is -0.133. The zero-order valence-corrected chi connectivity index (χ0v) is 12.4. The second-order valence-electron chi connectivity index (χ2n) is 6.29. The Labute approximate surface area is 125 Å². The maximum Gasteiger partial charge on any atom is 0.231 e. The Kier molecular flexibility index (Phi) is 3.70. The molecule has 1 fully saturated rings. The van der Waals surface area contributed by atoms with Crippen LogP contribution in [0.5, 0.6) is 0 Å². The van der Waals surface area contributed by atoms with Gasteiger partial charge in [-0.2, -0.15) is 0 Å². The summed E-state index contributed by atoms with van der Waals surface area (Å²) in [6, 6.07) is 8.20. The molecule has 4 nitrogen and oxygen atoms in total. The van der Waals surface area contributed by atoms with Crippen molar-refractivity contribution >= 4 is 17.5 Å². The second-order valence-corrected chi connectivity index (χ2v) is 6.29. The van der Waals surface area contributed by atoms with Gasteiger partial charge in [0.2, 0.25) is 11.8 Å². The summed E-state index contributed by atoms with van der Waals surface area (Å²) in [7, 11) is 0. The fourth-order valence-electron chi connectivity index (χ4n) is 3.85. The predicted octanol–water partition coefficient (Wildman–Crippen LogP) is 2.26. The lowest BCUT2D eigenvalue weighted by atomic mass is 9.78. The average Bonchev–Trinajstić information content (AvgIpc) is 2.82. The minimum Gasteiger partial charge on any atom is -0.369 e. The molecule has 2 amide bonds. The summed E-state index contributed by atoms with van der Waals surface area (Å²) in [6.07, 6.45) is 4.40. The van der Waals surface area contributed by atoms with Crippen molar-refractivity contribution in [1.82, 2.24) is 0 Å². The summed E-state index contributed by atoms with van der Waals surface area (Å²) in [6.45, 7) is 2.07. The zero-order valence-electron chi connectivity index (χ0n) is 12.4. The standard InChI is InChI=1S/C17H22N2O2/c1-11-10-12-6-2-5-9-15(12)19(11)17(21)14-8-4-3-7-13(14)16(18)20/h2,5-6,9,11,13-14H,3-4,7-8,10H2,1H3,(H2,18,20)/t11-,13+,14+/m1/s1. The van der Waals surface area contributed by atoms with Crippen LogP contribution < -0.4 is 10.6 Å². The minimum atomic E-state index is -0.326. The van der Waals surface area contributed by atoms with Crippen LogP contribution in [0.2, 0.25) is 0 Å². The predicted molar refractivity (Wildman–Crippen MR) is 81.7 cm³/mol. The molecule has 3 atom stereocenters. The molecule has 1 heterocycles. The van der Waals surface area contributed by atoms with E-state index in [1.807, 2.05) is 23.1 Å². The van der Waals surface area contributed by atoms with E-state index in [0.29, 0.717) is 0 Å². The molecule has 2 aliphatic rings. The van der Waals surface area contributed by atoms with Crippen molar-refractivity contribution in [3.63, 3.8) is 0 Å². The van der Waals surface area contributed by atoms with Gasteiger partial charge >= 0.3 is 0 Å². The summed E-state index contributed by atoms with van der Waals surface area (Å²) in [5.41, 5.74) is 7.73. The van der Waals surface area contributed by atoms with Crippen LogP contribution in [0.3, 0.4) is 0 Å². The molecule has 0 radical (unpaired) electrons. The smallest absolute Gasteiger partial charge is 0.231 e. The monoisotopic (exact) mass is 286 g/mol. The van der Waals surface area contributed by atoms with Crippen molar-refractivity contribution in [2.45, 2.75) is 45.1 Å². The molecule has 0 unspecified atom stereocenters. The van der Waals surface area contributed by atoms with Gasteiger partial charge in [0, 0.05) is 17.6 Å². The van der Waals surface area contributed by atoms with Crippen LogP contribution in [0.4, 0.5) is 5.69 Å². The highest BCUT2D eigenvalue weighted by Gasteiger charge is 2.40. The maximum absolute atomic E-state index is 13.0. The van der Waals surface area contributed by atoms with Crippen LogP contribution in [-0.2, 0) is 16.0 Å². The van der Waals surface area contributed by atoms with Gasteiger partial charge in [0.1, 0.15) is 0 Å². The summed E-state index contributed by atoms with van der Waals surface area (Å²) in [4.78, 5) is 26.6. The molecule has 0 spiro atoms. The number of benzene rings is 1. The number of anilines is 1. The summed E-state index contributed by atoms with van der Waals surface area (Å²) in [5, 5.41) is 0. The Balaban J connectivity index is 1.89. The highest BCUT2D eigenvalue weighted by Crippen LogP contribution is 2.37. The van der Waals surface area contributed by atoms with Gasteiger partial charge in [-0.3, -0.25) is 9.59 Å². The Morgan fingerprint density at radius 2 is 1.81 bits per heavy atom. The van der Waals surface area contributed by atoms with E-state index in [-0.39, 0.29) is 29.7 Å². The van der Waals surface area contributed by atoms with Gasteiger partial charge in [0.15, 0.2) is 0 Å². The lowest BCUT2D eigenvalue weighted by Crippen LogP contribution is -2.46. The number of para-hydroxylation sites is 1. The number of carbonyl (C=O) groups is 2. The second kappa shape index (κ2) is 5.51. The first kappa shape index (κ1) is 14.1. The van der Waals surface area contributed by atoms with Gasteiger partial charge in [0.25, 0.3) is 0 Å². The first-order valence-corrected chi connectivity index (χ1v) is 7.80. The quantitative estimate of drug-likeness (QED) is 0.906. The van der Waals surface area contributed by atoms with Gasteiger partial charge in [-0.15, -0.1) is 0 Å². The van der Waals surface area contributed by atoms with E-state index in [2.05, 4.69) is 13.0 Å². The highest BCUT2D eigenvalue weighted by atomic mass is 16.2. The summed E-state index contributed by atoms with van der Waals surface area (Å²) >= 11 is 0. The first-order valence-electron chi connectivity index (χ1n) is 7.80. The van der Waals surface area contributed by atoms with Gasteiger partial charge in [-0.05, 0) is 37.8 Å². The van der Waals surface area contributed by atoms with Crippen LogP contribution in [0.15, 0.2) is 24.3 Å². The molecule has 112 valence electrons. The summed E-state index contributed by atoms with van der Waals surface area (Å²) < 4.78 is 0. The molecule has 1 saturated carbocycles. The van der Waals surface area contributed by atoms with E-state index in [1.165, 1.54) is 5.56 Å². The number of primary amides is 1. The van der Waals surface area contributed by atoms with E-state index in [0.717, 1.165) is 37.8 Å². The largest absolute Gasteiger partial charge is 0.369 e. The zero-order chi connectivity index (χ0) is 15.0. The number of rotatable bonds is 2. The molecule has 2 N–H and O–H groups in total. The van der Waals surface area contributed by atoms with E-state index >= 15 is 0 Å². The number of nitrogens with zero attached hydrogens (tertiary/aromatic N) is 1. The van der Waals surface area contributed by atoms with Gasteiger partial charge in [0.05, 0.1) is 5.92 Å². The molecule has 0 bridgehead atoms. The maximum atomic E-state index is 13.0. The van der Waals surface area contributed by atoms with Crippen molar-refractivity contribution in [1.29, 1.82) is 0 Å². The van der Waals surface area contributed by atoms with Crippen LogP contribution in [0, 0.1) is 11.8 Å². The molecular formula is C17H22N2O2. The van der Waals surface area contributed by atoms with E-state index in [9.17, 15) is 9.59 Å². The van der Waals surface area contributed by atoms with Crippen molar-refractivity contribution in [3.8, 4) is 0 Å². The molecule has 1 aliphatic heterocycles.